The number of rotatable bonds is 4. The zero-order chi connectivity index (χ0) is 14.7. The van der Waals surface area contributed by atoms with Gasteiger partial charge in [0.15, 0.2) is 0 Å². The quantitative estimate of drug-likeness (QED) is 0.772. The van der Waals surface area contributed by atoms with E-state index >= 15 is 0 Å². The van der Waals surface area contributed by atoms with Crippen molar-refractivity contribution in [3.63, 3.8) is 0 Å². The molecule has 0 aliphatic rings. The van der Waals surface area contributed by atoms with Crippen LogP contribution in [0.5, 0.6) is 5.75 Å². The van der Waals surface area contributed by atoms with E-state index in [1.54, 1.807) is 0 Å². The first-order chi connectivity index (χ1) is 10.3. The van der Waals surface area contributed by atoms with Crippen molar-refractivity contribution in [3.8, 4) is 5.75 Å². The predicted octanol–water partition coefficient (Wildman–Crippen LogP) is 4.29. The maximum Gasteiger partial charge on any atom is 0.119 e. The highest BCUT2D eigenvalue weighted by atomic mass is 16.5. The van der Waals surface area contributed by atoms with Crippen molar-refractivity contribution in [2.75, 3.05) is 6.61 Å². The van der Waals surface area contributed by atoms with E-state index in [1.165, 1.54) is 10.8 Å². The van der Waals surface area contributed by atoms with Crippen LogP contribution in [-0.4, -0.2) is 6.61 Å². The summed E-state index contributed by atoms with van der Waals surface area (Å²) in [6.07, 6.45) is 0. The molecule has 0 aliphatic carbocycles. The second-order valence-corrected chi connectivity index (χ2v) is 5.09. The van der Waals surface area contributed by atoms with Crippen molar-refractivity contribution >= 4 is 10.8 Å². The maximum absolute atomic E-state index is 6.42. The summed E-state index contributed by atoms with van der Waals surface area (Å²) >= 11 is 0. The van der Waals surface area contributed by atoms with E-state index in [0.29, 0.717) is 6.61 Å². The van der Waals surface area contributed by atoms with E-state index in [9.17, 15) is 0 Å². The zero-order valence-electron chi connectivity index (χ0n) is 12.1. The van der Waals surface area contributed by atoms with Crippen LogP contribution in [0.2, 0.25) is 0 Å². The van der Waals surface area contributed by atoms with E-state index in [0.717, 1.165) is 16.9 Å². The highest BCUT2D eigenvalue weighted by Crippen LogP contribution is 2.26. The number of nitrogens with two attached hydrogens (primary N) is 1. The highest BCUT2D eigenvalue weighted by molar-refractivity contribution is 5.83. The molecule has 2 heteroatoms. The minimum Gasteiger partial charge on any atom is -0.494 e. The predicted molar refractivity (Wildman–Crippen MR) is 87.6 cm³/mol. The molecule has 0 amide bonds. The van der Waals surface area contributed by atoms with Gasteiger partial charge in [0.2, 0.25) is 0 Å². The first-order valence-corrected chi connectivity index (χ1v) is 7.25. The smallest absolute Gasteiger partial charge is 0.119 e. The van der Waals surface area contributed by atoms with Gasteiger partial charge in [-0.15, -0.1) is 0 Å². The van der Waals surface area contributed by atoms with Crippen LogP contribution >= 0.6 is 0 Å². The summed E-state index contributed by atoms with van der Waals surface area (Å²) in [6, 6.07) is 22.6. The summed E-state index contributed by atoms with van der Waals surface area (Å²) in [5.74, 6) is 0.867. The summed E-state index contributed by atoms with van der Waals surface area (Å²) < 4.78 is 5.55. The largest absolute Gasteiger partial charge is 0.494 e. The van der Waals surface area contributed by atoms with Gasteiger partial charge in [-0.25, -0.2) is 0 Å². The molecule has 3 aromatic rings. The van der Waals surface area contributed by atoms with Gasteiger partial charge in [-0.05, 0) is 47.0 Å². The van der Waals surface area contributed by atoms with Gasteiger partial charge in [0, 0.05) is 0 Å². The van der Waals surface area contributed by atoms with Crippen LogP contribution in [0.25, 0.3) is 10.8 Å². The third kappa shape index (κ3) is 2.91. The molecular formula is C19H19NO. The molecule has 3 rings (SSSR count). The number of hydrogen-bond donors (Lipinski definition) is 1. The SMILES string of the molecule is CCOc1cccc(C(N)c2ccc3ccccc3c2)c1. The van der Waals surface area contributed by atoms with E-state index in [1.807, 2.05) is 43.3 Å². The van der Waals surface area contributed by atoms with Gasteiger partial charge >= 0.3 is 0 Å². The standard InChI is InChI=1S/C19H19NO/c1-2-21-18-9-5-8-16(13-18)19(20)17-11-10-14-6-3-4-7-15(14)12-17/h3-13,19H,2,20H2,1H3. The minimum atomic E-state index is -0.144. The molecule has 106 valence electrons. The molecule has 0 saturated heterocycles. The lowest BCUT2D eigenvalue weighted by Crippen LogP contribution is -2.11. The first kappa shape index (κ1) is 13.7. The molecule has 0 saturated carbocycles. The van der Waals surface area contributed by atoms with E-state index in [4.69, 9.17) is 10.5 Å². The molecule has 0 spiro atoms. The summed E-state index contributed by atoms with van der Waals surface area (Å²) in [6.45, 7) is 2.64. The zero-order valence-corrected chi connectivity index (χ0v) is 12.1. The van der Waals surface area contributed by atoms with Crippen LogP contribution < -0.4 is 10.5 Å². The Balaban J connectivity index is 1.95. The molecule has 2 nitrogen and oxygen atoms in total. The molecule has 3 aromatic carbocycles. The van der Waals surface area contributed by atoms with E-state index < -0.39 is 0 Å². The van der Waals surface area contributed by atoms with Crippen molar-refractivity contribution in [2.45, 2.75) is 13.0 Å². The highest BCUT2D eigenvalue weighted by Gasteiger charge is 2.10. The number of benzene rings is 3. The fraction of sp³-hybridized carbons (Fsp3) is 0.158. The van der Waals surface area contributed by atoms with E-state index in [-0.39, 0.29) is 6.04 Å². The lowest BCUT2D eigenvalue weighted by Gasteiger charge is -2.15. The Morgan fingerprint density at radius 1 is 0.857 bits per heavy atom. The van der Waals surface area contributed by atoms with Crippen molar-refractivity contribution in [1.29, 1.82) is 0 Å². The molecule has 21 heavy (non-hydrogen) atoms. The van der Waals surface area contributed by atoms with Crippen molar-refractivity contribution < 1.29 is 4.74 Å². The Kier molecular flexibility index (Phi) is 3.89. The summed E-state index contributed by atoms with van der Waals surface area (Å²) in [5.41, 5.74) is 8.60. The molecular weight excluding hydrogens is 258 g/mol. The Morgan fingerprint density at radius 2 is 1.62 bits per heavy atom. The third-order valence-corrected chi connectivity index (χ3v) is 3.66. The van der Waals surface area contributed by atoms with Gasteiger partial charge in [-0.3, -0.25) is 0 Å². The van der Waals surface area contributed by atoms with Crippen molar-refractivity contribution in [1.82, 2.24) is 0 Å². The molecule has 1 unspecified atom stereocenters. The normalized spacial score (nSPS) is 12.3. The van der Waals surface area contributed by atoms with Crippen molar-refractivity contribution in [2.24, 2.45) is 5.73 Å². The van der Waals surface area contributed by atoms with Crippen LogP contribution in [0, 0.1) is 0 Å². The molecule has 0 heterocycles. The number of hydrogen-bond acceptors (Lipinski definition) is 2. The Morgan fingerprint density at radius 3 is 2.43 bits per heavy atom. The lowest BCUT2D eigenvalue weighted by atomic mass is 9.97. The summed E-state index contributed by atoms with van der Waals surface area (Å²) in [4.78, 5) is 0. The van der Waals surface area contributed by atoms with Gasteiger partial charge in [0.05, 0.1) is 12.6 Å². The van der Waals surface area contributed by atoms with Gasteiger partial charge in [0.25, 0.3) is 0 Å². The number of ether oxygens (including phenoxy) is 1. The third-order valence-electron chi connectivity index (χ3n) is 3.66. The molecule has 1 atom stereocenters. The Labute approximate surface area is 125 Å². The van der Waals surface area contributed by atoms with Gasteiger partial charge in [-0.1, -0.05) is 48.5 Å². The molecule has 2 N–H and O–H groups in total. The Bertz CT molecular complexity index is 751. The average molecular weight is 277 g/mol. The van der Waals surface area contributed by atoms with Crippen molar-refractivity contribution in [3.05, 3.63) is 77.9 Å². The van der Waals surface area contributed by atoms with Crippen LogP contribution in [0.4, 0.5) is 0 Å². The van der Waals surface area contributed by atoms with Crippen LogP contribution in [0.3, 0.4) is 0 Å². The molecule has 0 aromatic heterocycles. The van der Waals surface area contributed by atoms with E-state index in [2.05, 4.69) is 30.3 Å². The molecule has 0 fully saturated rings. The average Bonchev–Trinajstić information content (AvgIpc) is 2.54. The van der Waals surface area contributed by atoms with Gasteiger partial charge in [0.1, 0.15) is 5.75 Å². The topological polar surface area (TPSA) is 35.2 Å². The molecule has 0 bridgehead atoms. The summed E-state index contributed by atoms with van der Waals surface area (Å²) in [7, 11) is 0. The minimum absolute atomic E-state index is 0.144. The molecule has 0 aliphatic heterocycles. The van der Waals surface area contributed by atoms with Gasteiger partial charge < -0.3 is 10.5 Å². The monoisotopic (exact) mass is 277 g/mol. The fourth-order valence-electron chi connectivity index (χ4n) is 2.56. The second kappa shape index (κ2) is 5.98. The van der Waals surface area contributed by atoms with Crippen LogP contribution in [0.15, 0.2) is 66.7 Å². The summed E-state index contributed by atoms with van der Waals surface area (Å²) in [5, 5.41) is 2.45. The first-order valence-electron chi connectivity index (χ1n) is 7.25. The fourth-order valence-corrected chi connectivity index (χ4v) is 2.56. The lowest BCUT2D eigenvalue weighted by molar-refractivity contribution is 0.340. The van der Waals surface area contributed by atoms with Crippen LogP contribution in [-0.2, 0) is 0 Å². The second-order valence-electron chi connectivity index (χ2n) is 5.09. The number of fused-ring (bicyclic) bond motifs is 1. The van der Waals surface area contributed by atoms with Crippen LogP contribution in [0.1, 0.15) is 24.1 Å². The molecule has 0 radical (unpaired) electrons. The van der Waals surface area contributed by atoms with Gasteiger partial charge in [-0.2, -0.15) is 0 Å². The maximum atomic E-state index is 6.42. The Hall–Kier alpha value is -2.32.